The average Bonchev–Trinajstić information content (AvgIpc) is 3.24. The molecule has 1 aliphatic rings. The van der Waals surface area contributed by atoms with Crippen LogP contribution in [0.4, 0.5) is 0 Å². The largest absolute Gasteiger partial charge is 0.473 e. The molecule has 0 atom stereocenters. The van der Waals surface area contributed by atoms with Crippen LogP contribution in [0.1, 0.15) is 12.8 Å². The summed E-state index contributed by atoms with van der Waals surface area (Å²) in [4.78, 5) is 18.1. The number of nitrogens with zero attached hydrogens (tertiary/aromatic N) is 6. The molecule has 0 aliphatic heterocycles. The fourth-order valence-electron chi connectivity index (χ4n) is 3.11. The zero-order valence-corrected chi connectivity index (χ0v) is 14.7. The number of fused-ring (bicyclic) bond motifs is 1. The first-order valence-electron chi connectivity index (χ1n) is 8.44. The molecule has 1 amide bonds. The molecule has 1 fully saturated rings. The third kappa shape index (κ3) is 2.83. The molecule has 3 aromatic heterocycles. The Kier molecular flexibility index (Phi) is 3.95. The highest BCUT2D eigenvalue weighted by Crippen LogP contribution is 2.31. The van der Waals surface area contributed by atoms with Crippen LogP contribution in [0.15, 0.2) is 43.5 Å². The molecule has 3 heterocycles. The Morgan fingerprint density at radius 2 is 2.19 bits per heavy atom. The fraction of sp³-hybridized carbons (Fsp3) is 0.333. The van der Waals surface area contributed by atoms with Gasteiger partial charge < -0.3 is 9.64 Å². The minimum atomic E-state index is -0.0664. The van der Waals surface area contributed by atoms with Gasteiger partial charge in [-0.2, -0.15) is 10.2 Å². The van der Waals surface area contributed by atoms with E-state index >= 15 is 0 Å². The van der Waals surface area contributed by atoms with E-state index in [1.165, 1.54) is 6.08 Å². The molecule has 26 heavy (non-hydrogen) atoms. The van der Waals surface area contributed by atoms with Crippen LogP contribution in [0.3, 0.4) is 0 Å². The van der Waals surface area contributed by atoms with Crippen molar-refractivity contribution in [3.8, 4) is 17.1 Å². The van der Waals surface area contributed by atoms with Crippen LogP contribution in [0.5, 0.6) is 5.88 Å². The number of rotatable bonds is 5. The number of carbonyl (C=O) groups excluding carboxylic acids is 1. The first-order valence-corrected chi connectivity index (χ1v) is 8.44. The number of likely N-dealkylation sites (N-methyl/N-ethyl adjacent to an activating group) is 1. The van der Waals surface area contributed by atoms with Gasteiger partial charge in [-0.05, 0) is 12.1 Å². The van der Waals surface area contributed by atoms with Gasteiger partial charge in [0.25, 0.3) is 0 Å². The smallest absolute Gasteiger partial charge is 0.245 e. The Bertz CT molecular complexity index is 969. The lowest BCUT2D eigenvalue weighted by molar-refractivity contribution is -0.130. The first kappa shape index (κ1) is 16.3. The molecule has 1 aliphatic carbocycles. The van der Waals surface area contributed by atoms with E-state index in [0.29, 0.717) is 5.88 Å². The SMILES string of the molecule is C=CC(=O)N(C)[C@H]1C[C@H](Oc2nc(-c3cnn(C)c3)cn3nccc23)C1. The zero-order chi connectivity index (χ0) is 18.3. The molecule has 134 valence electrons. The quantitative estimate of drug-likeness (QED) is 0.653. The molecule has 1 saturated carbocycles. The van der Waals surface area contributed by atoms with E-state index < -0.39 is 0 Å². The van der Waals surface area contributed by atoms with E-state index in [1.54, 1.807) is 33.5 Å². The Morgan fingerprint density at radius 3 is 2.88 bits per heavy atom. The molecule has 0 saturated heterocycles. The summed E-state index contributed by atoms with van der Waals surface area (Å²) >= 11 is 0. The van der Waals surface area contributed by atoms with E-state index in [1.807, 2.05) is 25.5 Å². The van der Waals surface area contributed by atoms with Gasteiger partial charge in [-0.1, -0.05) is 6.58 Å². The standard InChI is InChI=1S/C18H20N6O2/c1-4-17(25)23(3)13-7-14(8-13)26-18-16-5-6-19-24(16)11-15(21-18)12-9-20-22(2)10-12/h4-6,9-11,13-14H,1,7-8H2,2-3H3/t13-,14-. The Balaban J connectivity index is 1.54. The highest BCUT2D eigenvalue weighted by atomic mass is 16.5. The summed E-state index contributed by atoms with van der Waals surface area (Å²) in [5.74, 6) is 0.480. The molecule has 0 N–H and O–H groups in total. The lowest BCUT2D eigenvalue weighted by atomic mass is 9.88. The van der Waals surface area contributed by atoms with E-state index in [9.17, 15) is 4.79 Å². The third-order valence-corrected chi connectivity index (χ3v) is 4.77. The van der Waals surface area contributed by atoms with Crippen molar-refractivity contribution in [2.45, 2.75) is 25.0 Å². The maximum Gasteiger partial charge on any atom is 0.245 e. The van der Waals surface area contributed by atoms with Crippen LogP contribution in [-0.2, 0) is 11.8 Å². The van der Waals surface area contributed by atoms with Crippen LogP contribution in [0.2, 0.25) is 0 Å². The van der Waals surface area contributed by atoms with Crippen LogP contribution in [0.25, 0.3) is 16.8 Å². The summed E-state index contributed by atoms with van der Waals surface area (Å²) in [5, 5.41) is 8.50. The molecule has 0 spiro atoms. The average molecular weight is 352 g/mol. The van der Waals surface area contributed by atoms with Crippen molar-refractivity contribution in [1.29, 1.82) is 0 Å². The molecule has 4 rings (SSSR count). The molecule has 8 heteroatoms. The van der Waals surface area contributed by atoms with Crippen molar-refractivity contribution in [2.24, 2.45) is 7.05 Å². The molecule has 8 nitrogen and oxygen atoms in total. The highest BCUT2D eigenvalue weighted by molar-refractivity contribution is 5.87. The number of aromatic nitrogens is 5. The molecule has 0 bridgehead atoms. The van der Waals surface area contributed by atoms with Gasteiger partial charge >= 0.3 is 0 Å². The van der Waals surface area contributed by atoms with Gasteiger partial charge in [-0.3, -0.25) is 9.48 Å². The zero-order valence-electron chi connectivity index (χ0n) is 14.7. The van der Waals surface area contributed by atoms with Crippen LogP contribution < -0.4 is 4.74 Å². The molecule has 0 radical (unpaired) electrons. The molecule has 3 aromatic rings. The fourth-order valence-corrected chi connectivity index (χ4v) is 3.11. The topological polar surface area (TPSA) is 77.6 Å². The van der Waals surface area contributed by atoms with Gasteiger partial charge in [0.1, 0.15) is 11.6 Å². The number of ether oxygens (including phenoxy) is 1. The van der Waals surface area contributed by atoms with Crippen molar-refractivity contribution in [3.63, 3.8) is 0 Å². The molecule has 0 unspecified atom stereocenters. The van der Waals surface area contributed by atoms with Gasteiger partial charge in [0.2, 0.25) is 11.8 Å². The second-order valence-electron chi connectivity index (χ2n) is 6.51. The Hall–Kier alpha value is -3.16. The second-order valence-corrected chi connectivity index (χ2v) is 6.51. The van der Waals surface area contributed by atoms with E-state index in [4.69, 9.17) is 4.74 Å². The van der Waals surface area contributed by atoms with E-state index in [2.05, 4.69) is 21.8 Å². The summed E-state index contributed by atoms with van der Waals surface area (Å²) in [6.45, 7) is 3.53. The number of amides is 1. The van der Waals surface area contributed by atoms with Crippen LogP contribution in [0, 0.1) is 0 Å². The van der Waals surface area contributed by atoms with Crippen molar-refractivity contribution in [1.82, 2.24) is 29.3 Å². The summed E-state index contributed by atoms with van der Waals surface area (Å²) in [6, 6.07) is 2.05. The van der Waals surface area contributed by atoms with E-state index in [0.717, 1.165) is 29.6 Å². The minimum Gasteiger partial charge on any atom is -0.473 e. The third-order valence-electron chi connectivity index (χ3n) is 4.77. The van der Waals surface area contributed by atoms with Crippen LogP contribution in [-0.4, -0.2) is 54.4 Å². The number of carbonyl (C=O) groups is 1. The van der Waals surface area contributed by atoms with Gasteiger partial charge in [0, 0.05) is 44.7 Å². The maximum atomic E-state index is 11.7. The summed E-state index contributed by atoms with van der Waals surface area (Å²) in [7, 11) is 3.66. The number of hydrogen-bond donors (Lipinski definition) is 0. The second kappa shape index (κ2) is 6.29. The number of aryl methyl sites for hydroxylation is 1. The predicted octanol–water partition coefficient (Wildman–Crippen LogP) is 1.68. The summed E-state index contributed by atoms with van der Waals surface area (Å²) in [5.41, 5.74) is 2.47. The Morgan fingerprint density at radius 1 is 1.38 bits per heavy atom. The minimum absolute atomic E-state index is 0.0235. The van der Waals surface area contributed by atoms with Crippen molar-refractivity contribution in [2.75, 3.05) is 7.05 Å². The normalized spacial score (nSPS) is 19.2. The Labute approximate surface area is 150 Å². The number of hydrogen-bond acceptors (Lipinski definition) is 5. The van der Waals surface area contributed by atoms with Crippen molar-refractivity contribution < 1.29 is 9.53 Å². The first-order chi connectivity index (χ1) is 12.5. The van der Waals surface area contributed by atoms with Crippen molar-refractivity contribution >= 4 is 11.4 Å². The monoisotopic (exact) mass is 352 g/mol. The maximum absolute atomic E-state index is 11.7. The van der Waals surface area contributed by atoms with Gasteiger partial charge in [-0.25, -0.2) is 9.50 Å². The highest BCUT2D eigenvalue weighted by Gasteiger charge is 2.35. The summed E-state index contributed by atoms with van der Waals surface area (Å²) < 4.78 is 9.61. The predicted molar refractivity (Wildman–Crippen MR) is 95.6 cm³/mol. The van der Waals surface area contributed by atoms with Gasteiger partial charge in [0.05, 0.1) is 24.3 Å². The molecular weight excluding hydrogens is 332 g/mol. The van der Waals surface area contributed by atoms with Crippen molar-refractivity contribution in [3.05, 3.63) is 43.5 Å². The molecular formula is C18H20N6O2. The van der Waals surface area contributed by atoms with Gasteiger partial charge in [-0.15, -0.1) is 0 Å². The van der Waals surface area contributed by atoms with Gasteiger partial charge in [0.15, 0.2) is 0 Å². The lowest BCUT2D eigenvalue weighted by Gasteiger charge is -2.40. The van der Waals surface area contributed by atoms with Crippen LogP contribution >= 0.6 is 0 Å². The van der Waals surface area contributed by atoms with E-state index in [-0.39, 0.29) is 18.1 Å². The lowest BCUT2D eigenvalue weighted by Crippen LogP contribution is -2.49. The summed E-state index contributed by atoms with van der Waals surface area (Å²) in [6.07, 6.45) is 10.1. The molecule has 0 aromatic carbocycles.